The molecule has 0 nitrogen and oxygen atoms in total. The van der Waals surface area contributed by atoms with Crippen LogP contribution in [0.2, 0.25) is 0 Å². The summed E-state index contributed by atoms with van der Waals surface area (Å²) in [6, 6.07) is 10.6. The molecular formula is C13H18. The van der Waals surface area contributed by atoms with E-state index in [2.05, 4.69) is 57.7 Å². The fourth-order valence-electron chi connectivity index (χ4n) is 1.26. The maximum atomic E-state index is 4.02. The van der Waals surface area contributed by atoms with Gasteiger partial charge >= 0.3 is 0 Å². The molecule has 1 aromatic carbocycles. The van der Waals surface area contributed by atoms with Crippen molar-refractivity contribution in [3.05, 3.63) is 48.0 Å². The highest BCUT2D eigenvalue weighted by molar-refractivity contribution is 5.19. The Labute approximate surface area is 81.3 Å². The van der Waals surface area contributed by atoms with Gasteiger partial charge in [0, 0.05) is 0 Å². The Bertz CT molecular complexity index is 280. The van der Waals surface area contributed by atoms with Gasteiger partial charge in [0.2, 0.25) is 0 Å². The SMILES string of the molecule is C=C(C)C(C)(C)Cc1ccccc1. The average molecular weight is 174 g/mol. The predicted molar refractivity (Wildman–Crippen MR) is 58.7 cm³/mol. The van der Waals surface area contributed by atoms with E-state index in [4.69, 9.17) is 0 Å². The molecule has 0 saturated carbocycles. The molecule has 1 aromatic rings. The van der Waals surface area contributed by atoms with Gasteiger partial charge in [-0.3, -0.25) is 0 Å². The Morgan fingerprint density at radius 2 is 1.77 bits per heavy atom. The molecule has 0 aliphatic heterocycles. The molecule has 0 N–H and O–H groups in total. The van der Waals surface area contributed by atoms with Crippen LogP contribution in [0, 0.1) is 5.41 Å². The molecule has 0 aliphatic carbocycles. The number of hydrogen-bond acceptors (Lipinski definition) is 0. The maximum Gasteiger partial charge on any atom is -0.0110 e. The zero-order valence-electron chi connectivity index (χ0n) is 8.80. The standard InChI is InChI=1S/C13H18/c1-11(2)13(3,4)10-12-8-6-5-7-9-12/h5-9H,1,10H2,2-4H3. The zero-order valence-corrected chi connectivity index (χ0v) is 8.80. The lowest BCUT2D eigenvalue weighted by Crippen LogP contribution is -2.15. The number of rotatable bonds is 3. The molecule has 0 fully saturated rings. The first-order valence-corrected chi connectivity index (χ1v) is 4.72. The third kappa shape index (κ3) is 2.73. The lowest BCUT2D eigenvalue weighted by molar-refractivity contribution is 0.445. The Kier molecular flexibility index (Phi) is 2.92. The van der Waals surface area contributed by atoms with Crippen molar-refractivity contribution in [1.82, 2.24) is 0 Å². The summed E-state index contributed by atoms with van der Waals surface area (Å²) < 4.78 is 0. The van der Waals surface area contributed by atoms with Gasteiger partial charge in [0.05, 0.1) is 0 Å². The topological polar surface area (TPSA) is 0 Å². The van der Waals surface area contributed by atoms with Gasteiger partial charge in [-0.1, -0.05) is 56.3 Å². The fraction of sp³-hybridized carbons (Fsp3) is 0.385. The lowest BCUT2D eigenvalue weighted by Gasteiger charge is -2.25. The molecule has 13 heavy (non-hydrogen) atoms. The van der Waals surface area contributed by atoms with Crippen molar-refractivity contribution in [3.8, 4) is 0 Å². The van der Waals surface area contributed by atoms with Gasteiger partial charge in [0.15, 0.2) is 0 Å². The summed E-state index contributed by atoms with van der Waals surface area (Å²) in [6.07, 6.45) is 1.07. The van der Waals surface area contributed by atoms with E-state index in [1.54, 1.807) is 0 Å². The van der Waals surface area contributed by atoms with Crippen LogP contribution >= 0.6 is 0 Å². The molecule has 0 amide bonds. The molecular weight excluding hydrogens is 156 g/mol. The van der Waals surface area contributed by atoms with Crippen LogP contribution in [0.25, 0.3) is 0 Å². The summed E-state index contributed by atoms with van der Waals surface area (Å²) in [5.41, 5.74) is 2.84. The normalized spacial score (nSPS) is 11.3. The van der Waals surface area contributed by atoms with Gasteiger partial charge in [0.25, 0.3) is 0 Å². The first-order valence-electron chi connectivity index (χ1n) is 4.72. The van der Waals surface area contributed by atoms with Gasteiger partial charge < -0.3 is 0 Å². The van der Waals surface area contributed by atoms with Crippen molar-refractivity contribution in [2.75, 3.05) is 0 Å². The predicted octanol–water partition coefficient (Wildman–Crippen LogP) is 3.83. The molecule has 0 unspecified atom stereocenters. The smallest absolute Gasteiger partial charge is 0.0110 e. The molecule has 0 aromatic heterocycles. The van der Waals surface area contributed by atoms with E-state index in [0.717, 1.165) is 6.42 Å². The van der Waals surface area contributed by atoms with Crippen molar-refractivity contribution in [2.45, 2.75) is 27.2 Å². The molecule has 0 spiro atoms. The highest BCUT2D eigenvalue weighted by Gasteiger charge is 2.18. The van der Waals surface area contributed by atoms with Crippen LogP contribution in [-0.4, -0.2) is 0 Å². The van der Waals surface area contributed by atoms with Gasteiger partial charge in [0.1, 0.15) is 0 Å². The first-order chi connectivity index (χ1) is 6.02. The minimum absolute atomic E-state index is 0.210. The van der Waals surface area contributed by atoms with Gasteiger partial charge in [-0.05, 0) is 24.3 Å². The van der Waals surface area contributed by atoms with E-state index >= 15 is 0 Å². The minimum atomic E-state index is 0.210. The Morgan fingerprint density at radius 1 is 1.23 bits per heavy atom. The molecule has 0 heterocycles. The van der Waals surface area contributed by atoms with Crippen LogP contribution in [-0.2, 0) is 6.42 Å². The highest BCUT2D eigenvalue weighted by atomic mass is 14.2. The molecule has 0 heteroatoms. The number of hydrogen-bond donors (Lipinski definition) is 0. The van der Waals surface area contributed by atoms with Crippen molar-refractivity contribution >= 4 is 0 Å². The van der Waals surface area contributed by atoms with E-state index in [-0.39, 0.29) is 5.41 Å². The van der Waals surface area contributed by atoms with Gasteiger partial charge in [-0.15, -0.1) is 0 Å². The van der Waals surface area contributed by atoms with Crippen LogP contribution in [0.4, 0.5) is 0 Å². The second-order valence-electron chi connectivity index (χ2n) is 4.33. The summed E-state index contributed by atoms with van der Waals surface area (Å²) >= 11 is 0. The highest BCUT2D eigenvalue weighted by Crippen LogP contribution is 2.28. The van der Waals surface area contributed by atoms with Gasteiger partial charge in [-0.25, -0.2) is 0 Å². The maximum absolute atomic E-state index is 4.02. The molecule has 0 radical (unpaired) electrons. The van der Waals surface area contributed by atoms with Crippen LogP contribution in [0.15, 0.2) is 42.5 Å². The average Bonchev–Trinajstić information content (AvgIpc) is 2.05. The minimum Gasteiger partial charge on any atom is -0.0996 e. The third-order valence-electron chi connectivity index (χ3n) is 2.64. The van der Waals surface area contributed by atoms with Crippen LogP contribution in [0.1, 0.15) is 26.3 Å². The summed E-state index contributed by atoms with van der Waals surface area (Å²) in [5, 5.41) is 0. The van der Waals surface area contributed by atoms with Crippen molar-refractivity contribution in [1.29, 1.82) is 0 Å². The van der Waals surface area contributed by atoms with Crippen molar-refractivity contribution in [2.24, 2.45) is 5.41 Å². The number of allylic oxidation sites excluding steroid dienone is 1. The molecule has 0 aliphatic rings. The molecule has 1 rings (SSSR count). The lowest BCUT2D eigenvalue weighted by atomic mass is 9.80. The third-order valence-corrected chi connectivity index (χ3v) is 2.64. The molecule has 0 saturated heterocycles. The second kappa shape index (κ2) is 3.78. The van der Waals surface area contributed by atoms with Crippen molar-refractivity contribution < 1.29 is 0 Å². The Balaban J connectivity index is 2.75. The Morgan fingerprint density at radius 3 is 2.23 bits per heavy atom. The van der Waals surface area contributed by atoms with E-state index in [9.17, 15) is 0 Å². The van der Waals surface area contributed by atoms with E-state index < -0.39 is 0 Å². The summed E-state index contributed by atoms with van der Waals surface area (Å²) in [4.78, 5) is 0. The largest absolute Gasteiger partial charge is 0.0996 e. The summed E-state index contributed by atoms with van der Waals surface area (Å²) in [5.74, 6) is 0. The van der Waals surface area contributed by atoms with Crippen LogP contribution < -0.4 is 0 Å². The zero-order chi connectivity index (χ0) is 9.90. The molecule has 0 bridgehead atoms. The molecule has 70 valence electrons. The van der Waals surface area contributed by atoms with E-state index in [1.165, 1.54) is 11.1 Å². The Hall–Kier alpha value is -1.04. The van der Waals surface area contributed by atoms with Crippen LogP contribution in [0.3, 0.4) is 0 Å². The number of benzene rings is 1. The monoisotopic (exact) mass is 174 g/mol. The summed E-state index contributed by atoms with van der Waals surface area (Å²) in [7, 11) is 0. The fourth-order valence-corrected chi connectivity index (χ4v) is 1.26. The van der Waals surface area contributed by atoms with Gasteiger partial charge in [-0.2, -0.15) is 0 Å². The second-order valence-corrected chi connectivity index (χ2v) is 4.33. The van der Waals surface area contributed by atoms with E-state index in [0.29, 0.717) is 0 Å². The van der Waals surface area contributed by atoms with E-state index in [1.807, 2.05) is 0 Å². The first kappa shape index (κ1) is 10.0. The van der Waals surface area contributed by atoms with Crippen molar-refractivity contribution in [3.63, 3.8) is 0 Å². The van der Waals surface area contributed by atoms with Crippen LogP contribution in [0.5, 0.6) is 0 Å². The summed E-state index contributed by atoms with van der Waals surface area (Å²) in [6.45, 7) is 10.6. The molecule has 0 atom stereocenters. The quantitative estimate of drug-likeness (QED) is 0.611.